The molecule has 1 N–H and O–H groups in total. The summed E-state index contributed by atoms with van der Waals surface area (Å²) >= 11 is 0. The van der Waals surface area contributed by atoms with Crippen LogP contribution in [-0.2, 0) is 9.53 Å². The van der Waals surface area contributed by atoms with E-state index in [1.54, 1.807) is 0 Å². The maximum Gasteiger partial charge on any atom is 0.312 e. The molecule has 1 fully saturated rings. The van der Waals surface area contributed by atoms with Gasteiger partial charge in [-0.3, -0.25) is 4.79 Å². The molecule has 0 aromatic rings. The fraction of sp³-hybridized carbons (Fsp3) is 0.933. The molecule has 0 atom stereocenters. The molecule has 19 heavy (non-hydrogen) atoms. The largest absolute Gasteiger partial charge is 0.469 e. The fourth-order valence-electron chi connectivity index (χ4n) is 2.65. The van der Waals surface area contributed by atoms with Gasteiger partial charge in [0.1, 0.15) is 0 Å². The van der Waals surface area contributed by atoms with E-state index in [-0.39, 0.29) is 5.97 Å². The minimum absolute atomic E-state index is 0.115. The maximum atomic E-state index is 11.7. The Bertz CT molecular complexity index is 282. The molecule has 0 bridgehead atoms. The van der Waals surface area contributed by atoms with E-state index in [1.807, 2.05) is 13.8 Å². The molecule has 0 amide bonds. The van der Waals surface area contributed by atoms with Crippen molar-refractivity contribution in [1.82, 2.24) is 10.2 Å². The van der Waals surface area contributed by atoms with E-state index in [1.165, 1.54) is 20.0 Å². The third-order valence-corrected chi connectivity index (χ3v) is 3.88. The number of likely N-dealkylation sites (tertiary alicyclic amines) is 1. The van der Waals surface area contributed by atoms with Crippen molar-refractivity contribution in [2.45, 2.75) is 46.6 Å². The minimum atomic E-state index is -0.405. The van der Waals surface area contributed by atoms with Crippen molar-refractivity contribution in [3.8, 4) is 0 Å². The predicted octanol–water partition coefficient (Wildman–Crippen LogP) is 1.90. The van der Waals surface area contributed by atoms with Crippen molar-refractivity contribution in [2.24, 2.45) is 11.3 Å². The van der Waals surface area contributed by atoms with Crippen molar-refractivity contribution in [3.05, 3.63) is 0 Å². The number of carbonyl (C=O) groups is 1. The molecule has 1 rings (SSSR count). The zero-order chi connectivity index (χ0) is 14.5. The van der Waals surface area contributed by atoms with Gasteiger partial charge in [-0.15, -0.1) is 0 Å². The molecule has 1 heterocycles. The highest BCUT2D eigenvalue weighted by atomic mass is 16.5. The summed E-state index contributed by atoms with van der Waals surface area (Å²) in [6.07, 6.45) is 2.44. The van der Waals surface area contributed by atoms with E-state index in [0.29, 0.717) is 6.04 Å². The molecule has 4 nitrogen and oxygen atoms in total. The zero-order valence-corrected chi connectivity index (χ0v) is 13.2. The Kier molecular flexibility index (Phi) is 6.27. The first-order chi connectivity index (χ1) is 8.85. The molecular formula is C15H30N2O2. The van der Waals surface area contributed by atoms with Gasteiger partial charge >= 0.3 is 5.97 Å². The molecule has 0 unspecified atom stereocenters. The lowest BCUT2D eigenvalue weighted by Crippen LogP contribution is -2.45. The van der Waals surface area contributed by atoms with Crippen LogP contribution < -0.4 is 5.32 Å². The number of methoxy groups -OCH3 is 1. The number of hydrogen-bond donors (Lipinski definition) is 1. The van der Waals surface area contributed by atoms with Gasteiger partial charge in [0.15, 0.2) is 0 Å². The van der Waals surface area contributed by atoms with Gasteiger partial charge in [-0.25, -0.2) is 0 Å². The zero-order valence-electron chi connectivity index (χ0n) is 13.2. The number of ether oxygens (including phenoxy) is 1. The molecule has 0 aromatic carbocycles. The predicted molar refractivity (Wildman–Crippen MR) is 78.1 cm³/mol. The summed E-state index contributed by atoms with van der Waals surface area (Å²) in [6.45, 7) is 12.4. The SMILES string of the molecule is COC(=O)C(C)(C)CN1CCC(CNC(C)C)CC1. The smallest absolute Gasteiger partial charge is 0.312 e. The number of piperidine rings is 1. The van der Waals surface area contributed by atoms with Gasteiger partial charge in [-0.05, 0) is 52.2 Å². The maximum absolute atomic E-state index is 11.7. The number of hydrogen-bond acceptors (Lipinski definition) is 4. The van der Waals surface area contributed by atoms with E-state index < -0.39 is 5.41 Å². The van der Waals surface area contributed by atoms with E-state index in [2.05, 4.69) is 24.1 Å². The van der Waals surface area contributed by atoms with Crippen LogP contribution in [0.5, 0.6) is 0 Å². The van der Waals surface area contributed by atoms with Crippen LogP contribution in [0.25, 0.3) is 0 Å². The van der Waals surface area contributed by atoms with Crippen LogP contribution in [-0.4, -0.2) is 50.2 Å². The summed E-state index contributed by atoms with van der Waals surface area (Å²) < 4.78 is 4.87. The van der Waals surface area contributed by atoms with Crippen molar-refractivity contribution in [2.75, 3.05) is 33.3 Å². The molecular weight excluding hydrogens is 240 g/mol. The van der Waals surface area contributed by atoms with Crippen LogP contribution in [0.3, 0.4) is 0 Å². The fourth-order valence-corrected chi connectivity index (χ4v) is 2.65. The van der Waals surface area contributed by atoms with Crippen molar-refractivity contribution >= 4 is 5.97 Å². The Labute approximate surface area is 117 Å². The molecule has 0 aromatic heterocycles. The standard InChI is InChI=1S/C15H30N2O2/c1-12(2)16-10-13-6-8-17(9-7-13)11-15(3,4)14(18)19-5/h12-13,16H,6-11H2,1-5H3. The Morgan fingerprint density at radius 1 is 1.37 bits per heavy atom. The summed E-state index contributed by atoms with van der Waals surface area (Å²) in [5, 5.41) is 3.51. The number of nitrogens with one attached hydrogen (secondary N) is 1. The number of esters is 1. The Balaban J connectivity index is 2.32. The van der Waals surface area contributed by atoms with Gasteiger partial charge in [0, 0.05) is 12.6 Å². The Morgan fingerprint density at radius 3 is 2.42 bits per heavy atom. The molecule has 0 radical (unpaired) electrons. The van der Waals surface area contributed by atoms with E-state index in [0.717, 1.165) is 32.1 Å². The lowest BCUT2D eigenvalue weighted by molar-refractivity contribution is -0.152. The highest BCUT2D eigenvalue weighted by Crippen LogP contribution is 2.23. The topological polar surface area (TPSA) is 41.6 Å². The number of carbonyl (C=O) groups excluding carboxylic acids is 1. The van der Waals surface area contributed by atoms with E-state index in [9.17, 15) is 4.79 Å². The molecule has 0 aliphatic carbocycles. The van der Waals surface area contributed by atoms with Gasteiger partial charge in [-0.2, -0.15) is 0 Å². The normalized spacial score (nSPS) is 18.8. The van der Waals surface area contributed by atoms with E-state index >= 15 is 0 Å². The second-order valence-electron chi connectivity index (χ2n) is 6.66. The van der Waals surface area contributed by atoms with Crippen molar-refractivity contribution in [1.29, 1.82) is 0 Å². The highest BCUT2D eigenvalue weighted by Gasteiger charge is 2.32. The Morgan fingerprint density at radius 2 is 1.95 bits per heavy atom. The van der Waals surface area contributed by atoms with Gasteiger partial charge < -0.3 is 15.0 Å². The van der Waals surface area contributed by atoms with Gasteiger partial charge in [0.2, 0.25) is 0 Å². The second kappa shape index (κ2) is 7.25. The summed E-state index contributed by atoms with van der Waals surface area (Å²) in [6, 6.07) is 0.566. The number of rotatable bonds is 6. The quantitative estimate of drug-likeness (QED) is 0.749. The summed E-state index contributed by atoms with van der Waals surface area (Å²) in [5.41, 5.74) is -0.405. The molecule has 1 aliphatic rings. The molecule has 0 spiro atoms. The van der Waals surface area contributed by atoms with Crippen LogP contribution in [0.2, 0.25) is 0 Å². The summed E-state index contributed by atoms with van der Waals surface area (Å²) in [7, 11) is 1.47. The average molecular weight is 270 g/mol. The Hall–Kier alpha value is -0.610. The first-order valence-electron chi connectivity index (χ1n) is 7.39. The third kappa shape index (κ3) is 5.49. The molecule has 112 valence electrons. The van der Waals surface area contributed by atoms with E-state index in [4.69, 9.17) is 4.74 Å². The minimum Gasteiger partial charge on any atom is -0.469 e. The lowest BCUT2D eigenvalue weighted by atomic mass is 9.90. The third-order valence-electron chi connectivity index (χ3n) is 3.88. The van der Waals surface area contributed by atoms with Crippen molar-refractivity contribution < 1.29 is 9.53 Å². The van der Waals surface area contributed by atoms with Gasteiger partial charge in [0.25, 0.3) is 0 Å². The van der Waals surface area contributed by atoms with Crippen LogP contribution in [0.1, 0.15) is 40.5 Å². The monoisotopic (exact) mass is 270 g/mol. The first kappa shape index (κ1) is 16.4. The molecule has 1 saturated heterocycles. The van der Waals surface area contributed by atoms with Crippen LogP contribution in [0.15, 0.2) is 0 Å². The van der Waals surface area contributed by atoms with Crippen LogP contribution in [0, 0.1) is 11.3 Å². The first-order valence-corrected chi connectivity index (χ1v) is 7.39. The molecule has 1 aliphatic heterocycles. The van der Waals surface area contributed by atoms with Gasteiger partial charge in [-0.1, -0.05) is 13.8 Å². The molecule has 4 heteroatoms. The summed E-state index contributed by atoms with van der Waals surface area (Å²) in [4.78, 5) is 14.1. The average Bonchev–Trinajstić information content (AvgIpc) is 2.36. The number of nitrogens with zero attached hydrogens (tertiary/aromatic N) is 1. The van der Waals surface area contributed by atoms with Crippen molar-refractivity contribution in [3.63, 3.8) is 0 Å². The van der Waals surface area contributed by atoms with Crippen LogP contribution in [0.4, 0.5) is 0 Å². The highest BCUT2D eigenvalue weighted by molar-refractivity contribution is 5.76. The lowest BCUT2D eigenvalue weighted by Gasteiger charge is -2.36. The van der Waals surface area contributed by atoms with Gasteiger partial charge in [0.05, 0.1) is 12.5 Å². The second-order valence-corrected chi connectivity index (χ2v) is 6.66. The summed E-state index contributed by atoms with van der Waals surface area (Å²) in [5.74, 6) is 0.663. The van der Waals surface area contributed by atoms with Crippen LogP contribution >= 0.6 is 0 Å². The molecule has 0 saturated carbocycles.